The molecule has 7 nitrogen and oxygen atoms in total. The van der Waals surface area contributed by atoms with E-state index in [-0.39, 0.29) is 18.2 Å². The molecule has 1 unspecified atom stereocenters. The SMILES string of the molecule is Cc1ccc(/C=N/N=C2/NC(=O)C(CC(=O)Nc3ccc(C)c(Cl)c3)S2)o1. The molecule has 9 heteroatoms. The summed E-state index contributed by atoms with van der Waals surface area (Å²) in [6, 6.07) is 8.84. The number of thioether (sulfide) groups is 1. The molecule has 2 N–H and O–H groups in total. The minimum atomic E-state index is -0.564. The first-order chi connectivity index (χ1) is 12.9. The minimum Gasteiger partial charge on any atom is -0.460 e. The average molecular weight is 405 g/mol. The van der Waals surface area contributed by atoms with Crippen LogP contribution in [0.15, 0.2) is 45.0 Å². The Labute approximate surface area is 165 Å². The lowest BCUT2D eigenvalue weighted by atomic mass is 10.2. The Morgan fingerprint density at radius 2 is 2.19 bits per heavy atom. The number of aryl methyl sites for hydroxylation is 2. The van der Waals surface area contributed by atoms with Gasteiger partial charge in [-0.1, -0.05) is 29.4 Å². The predicted octanol–water partition coefficient (Wildman–Crippen LogP) is 3.50. The Kier molecular flexibility index (Phi) is 5.98. The maximum absolute atomic E-state index is 12.2. The van der Waals surface area contributed by atoms with Gasteiger partial charge >= 0.3 is 0 Å². The maximum Gasteiger partial charge on any atom is 0.240 e. The normalized spacial score (nSPS) is 18.3. The van der Waals surface area contributed by atoms with Crippen molar-refractivity contribution < 1.29 is 14.0 Å². The van der Waals surface area contributed by atoms with E-state index in [4.69, 9.17) is 16.0 Å². The Morgan fingerprint density at radius 1 is 1.37 bits per heavy atom. The smallest absolute Gasteiger partial charge is 0.240 e. The molecule has 1 aliphatic heterocycles. The zero-order valence-electron chi connectivity index (χ0n) is 14.7. The number of carbonyl (C=O) groups is 2. The first-order valence-electron chi connectivity index (χ1n) is 8.11. The average Bonchev–Trinajstić information content (AvgIpc) is 3.17. The molecule has 140 valence electrons. The fraction of sp³-hybridized carbons (Fsp3) is 0.222. The maximum atomic E-state index is 12.2. The minimum absolute atomic E-state index is 0.0160. The number of nitrogens with one attached hydrogen (secondary N) is 2. The van der Waals surface area contributed by atoms with E-state index in [1.165, 1.54) is 6.21 Å². The number of furan rings is 1. The van der Waals surface area contributed by atoms with Crippen molar-refractivity contribution in [3.05, 3.63) is 52.4 Å². The zero-order valence-corrected chi connectivity index (χ0v) is 16.2. The van der Waals surface area contributed by atoms with Gasteiger partial charge in [0, 0.05) is 17.1 Å². The van der Waals surface area contributed by atoms with Gasteiger partial charge in [0.25, 0.3) is 0 Å². The molecule has 27 heavy (non-hydrogen) atoms. The highest BCUT2D eigenvalue weighted by atomic mass is 35.5. The highest BCUT2D eigenvalue weighted by Gasteiger charge is 2.32. The molecule has 1 saturated heterocycles. The van der Waals surface area contributed by atoms with Gasteiger partial charge in [-0.05, 0) is 43.7 Å². The lowest BCUT2D eigenvalue weighted by Gasteiger charge is -2.08. The number of nitrogens with zero attached hydrogens (tertiary/aromatic N) is 2. The molecule has 2 heterocycles. The fourth-order valence-electron chi connectivity index (χ4n) is 2.30. The number of benzene rings is 1. The summed E-state index contributed by atoms with van der Waals surface area (Å²) in [6.45, 7) is 3.71. The van der Waals surface area contributed by atoms with Crippen molar-refractivity contribution in [2.24, 2.45) is 10.2 Å². The molecule has 3 rings (SSSR count). The number of carbonyl (C=O) groups excluding carboxylic acids is 2. The van der Waals surface area contributed by atoms with Crippen LogP contribution in [0.3, 0.4) is 0 Å². The first-order valence-corrected chi connectivity index (χ1v) is 9.37. The van der Waals surface area contributed by atoms with Gasteiger partial charge < -0.3 is 15.1 Å². The number of halogens is 1. The second-order valence-electron chi connectivity index (χ2n) is 5.91. The Morgan fingerprint density at radius 3 is 2.89 bits per heavy atom. The van der Waals surface area contributed by atoms with Crippen LogP contribution in [0.1, 0.15) is 23.5 Å². The molecule has 0 spiro atoms. The first kappa shape index (κ1) is 19.2. The third-order valence-electron chi connectivity index (χ3n) is 3.70. The highest BCUT2D eigenvalue weighted by molar-refractivity contribution is 8.15. The lowest BCUT2D eigenvalue weighted by Crippen LogP contribution is -2.28. The summed E-state index contributed by atoms with van der Waals surface area (Å²) in [7, 11) is 0. The van der Waals surface area contributed by atoms with E-state index in [0.717, 1.165) is 23.1 Å². The van der Waals surface area contributed by atoms with Crippen molar-refractivity contribution in [1.29, 1.82) is 0 Å². The molecule has 0 bridgehead atoms. The van der Waals surface area contributed by atoms with E-state index >= 15 is 0 Å². The molecule has 0 aliphatic carbocycles. The van der Waals surface area contributed by atoms with Gasteiger partial charge in [-0.25, -0.2) is 0 Å². The summed E-state index contributed by atoms with van der Waals surface area (Å²) >= 11 is 7.21. The summed E-state index contributed by atoms with van der Waals surface area (Å²) in [5.41, 5.74) is 1.51. The predicted molar refractivity (Wildman–Crippen MR) is 107 cm³/mol. The van der Waals surface area contributed by atoms with Crippen LogP contribution in [0.4, 0.5) is 5.69 Å². The number of amides is 2. The molecule has 1 fully saturated rings. The third kappa shape index (κ3) is 5.21. The molecule has 2 amide bonds. The summed E-state index contributed by atoms with van der Waals surface area (Å²) < 4.78 is 5.34. The van der Waals surface area contributed by atoms with E-state index in [1.54, 1.807) is 18.2 Å². The van der Waals surface area contributed by atoms with Crippen molar-refractivity contribution in [3.63, 3.8) is 0 Å². The standard InChI is InChI=1S/C18H17ClN4O3S/c1-10-3-5-12(7-14(10)19)21-16(24)8-15-17(25)22-18(27-15)23-20-9-13-6-4-11(2)26-13/h3-7,9,15H,8H2,1-2H3,(H,21,24)(H,22,23,25)/b20-9+. The molecule has 1 aliphatic rings. The number of rotatable bonds is 5. The summed E-state index contributed by atoms with van der Waals surface area (Å²) in [4.78, 5) is 24.2. The van der Waals surface area contributed by atoms with E-state index in [0.29, 0.717) is 21.6 Å². The number of amidine groups is 1. The molecule has 1 atom stereocenters. The number of hydrogen-bond acceptors (Lipinski definition) is 6. The molecule has 0 radical (unpaired) electrons. The van der Waals surface area contributed by atoms with Crippen molar-refractivity contribution >= 4 is 52.2 Å². The van der Waals surface area contributed by atoms with Crippen molar-refractivity contribution in [3.8, 4) is 0 Å². The second-order valence-corrected chi connectivity index (χ2v) is 7.51. The molecule has 1 aromatic heterocycles. The number of anilines is 1. The Hall–Kier alpha value is -2.58. The van der Waals surface area contributed by atoms with Gasteiger partial charge in [-0.3, -0.25) is 9.59 Å². The van der Waals surface area contributed by atoms with Gasteiger partial charge in [0.2, 0.25) is 11.8 Å². The fourth-order valence-corrected chi connectivity index (χ4v) is 3.40. The van der Waals surface area contributed by atoms with Gasteiger partial charge in [-0.15, -0.1) is 5.10 Å². The van der Waals surface area contributed by atoms with Crippen LogP contribution in [-0.4, -0.2) is 28.4 Å². The Bertz CT molecular complexity index is 938. The second kappa shape index (κ2) is 8.41. The lowest BCUT2D eigenvalue weighted by molar-refractivity contribution is -0.122. The van der Waals surface area contributed by atoms with Gasteiger partial charge in [0.05, 0.1) is 6.21 Å². The van der Waals surface area contributed by atoms with Crippen LogP contribution in [-0.2, 0) is 9.59 Å². The van der Waals surface area contributed by atoms with E-state index in [1.807, 2.05) is 26.0 Å². The molecule has 2 aromatic rings. The molecule has 1 aromatic carbocycles. The van der Waals surface area contributed by atoms with Crippen LogP contribution in [0.5, 0.6) is 0 Å². The largest absolute Gasteiger partial charge is 0.460 e. The van der Waals surface area contributed by atoms with Crippen molar-refractivity contribution in [1.82, 2.24) is 5.32 Å². The topological polar surface area (TPSA) is 96.1 Å². The van der Waals surface area contributed by atoms with Gasteiger partial charge in [0.1, 0.15) is 16.8 Å². The summed E-state index contributed by atoms with van der Waals surface area (Å²) in [6.07, 6.45) is 1.47. The Balaban J connectivity index is 1.55. The van der Waals surface area contributed by atoms with E-state index in [2.05, 4.69) is 20.8 Å². The van der Waals surface area contributed by atoms with Crippen LogP contribution < -0.4 is 10.6 Å². The highest BCUT2D eigenvalue weighted by Crippen LogP contribution is 2.24. The van der Waals surface area contributed by atoms with Crippen LogP contribution in [0.2, 0.25) is 5.02 Å². The van der Waals surface area contributed by atoms with Crippen molar-refractivity contribution in [2.75, 3.05) is 5.32 Å². The van der Waals surface area contributed by atoms with E-state index < -0.39 is 5.25 Å². The molecular formula is C18H17ClN4O3S. The van der Waals surface area contributed by atoms with Crippen LogP contribution in [0, 0.1) is 13.8 Å². The summed E-state index contributed by atoms with van der Waals surface area (Å²) in [5, 5.41) is 13.5. The number of hydrogen-bond donors (Lipinski definition) is 2. The van der Waals surface area contributed by atoms with Crippen molar-refractivity contribution in [2.45, 2.75) is 25.5 Å². The van der Waals surface area contributed by atoms with Gasteiger partial charge in [-0.2, -0.15) is 5.10 Å². The van der Waals surface area contributed by atoms with Crippen LogP contribution in [0.25, 0.3) is 0 Å². The quantitative estimate of drug-likeness (QED) is 0.588. The monoisotopic (exact) mass is 404 g/mol. The molecular weight excluding hydrogens is 388 g/mol. The van der Waals surface area contributed by atoms with E-state index in [9.17, 15) is 9.59 Å². The third-order valence-corrected chi connectivity index (χ3v) is 5.18. The zero-order chi connectivity index (χ0) is 19.4. The van der Waals surface area contributed by atoms with Gasteiger partial charge in [0.15, 0.2) is 5.17 Å². The van der Waals surface area contributed by atoms with Crippen LogP contribution >= 0.6 is 23.4 Å². The molecule has 0 saturated carbocycles. The summed E-state index contributed by atoms with van der Waals surface area (Å²) in [5.74, 6) is 0.783.